The molecule has 1 aromatic rings. The van der Waals surface area contributed by atoms with Crippen molar-refractivity contribution >= 4 is 35.0 Å². The van der Waals surface area contributed by atoms with Crippen LogP contribution in [0.3, 0.4) is 0 Å². The highest BCUT2D eigenvalue weighted by Crippen LogP contribution is 2.24. The number of carbonyl (C=O) groups excluding carboxylic acids is 2. The molecule has 2 rings (SSSR count). The van der Waals surface area contributed by atoms with Gasteiger partial charge in [-0.1, -0.05) is 23.2 Å². The van der Waals surface area contributed by atoms with Gasteiger partial charge in [-0.05, 0) is 18.6 Å². The van der Waals surface area contributed by atoms with E-state index in [1.807, 2.05) is 0 Å². The third kappa shape index (κ3) is 3.36. The topological polar surface area (TPSA) is 58.2 Å². The number of rotatable bonds is 2. The standard InChI is InChI=1S/C12H11Cl2FN2O2/c13-8-4-9(14)10(15)3-7(8)12(19)17-6-1-2-11(18)16-5-6/h3-4,6H,1-2,5H2,(H,16,18)(H,17,19). The molecule has 2 N–H and O–H groups in total. The van der Waals surface area contributed by atoms with Gasteiger partial charge in [-0.15, -0.1) is 0 Å². The summed E-state index contributed by atoms with van der Waals surface area (Å²) in [5.41, 5.74) is 0.0282. The number of carbonyl (C=O) groups is 2. The van der Waals surface area contributed by atoms with Gasteiger partial charge in [0.25, 0.3) is 5.91 Å². The smallest absolute Gasteiger partial charge is 0.253 e. The van der Waals surface area contributed by atoms with Crippen molar-refractivity contribution in [2.24, 2.45) is 0 Å². The van der Waals surface area contributed by atoms with Crippen LogP contribution in [0.15, 0.2) is 12.1 Å². The number of benzene rings is 1. The Kier molecular flexibility index (Phi) is 4.27. The Morgan fingerprint density at radius 1 is 1.37 bits per heavy atom. The van der Waals surface area contributed by atoms with E-state index in [1.165, 1.54) is 6.07 Å². The van der Waals surface area contributed by atoms with Crippen LogP contribution in [0, 0.1) is 5.82 Å². The highest BCUT2D eigenvalue weighted by molar-refractivity contribution is 6.36. The van der Waals surface area contributed by atoms with Gasteiger partial charge < -0.3 is 10.6 Å². The largest absolute Gasteiger partial charge is 0.354 e. The first kappa shape index (κ1) is 14.1. The lowest BCUT2D eigenvalue weighted by molar-refractivity contribution is -0.122. The fourth-order valence-electron chi connectivity index (χ4n) is 1.82. The van der Waals surface area contributed by atoms with Gasteiger partial charge in [0.2, 0.25) is 5.91 Å². The quantitative estimate of drug-likeness (QED) is 0.823. The van der Waals surface area contributed by atoms with E-state index in [0.717, 1.165) is 6.07 Å². The molecular weight excluding hydrogens is 294 g/mol. The van der Waals surface area contributed by atoms with Crippen LogP contribution in [0.2, 0.25) is 10.0 Å². The molecule has 0 aromatic heterocycles. The number of hydrogen-bond acceptors (Lipinski definition) is 2. The second-order valence-corrected chi connectivity index (χ2v) is 5.07. The molecule has 1 aliphatic heterocycles. The molecule has 1 atom stereocenters. The Labute approximate surface area is 119 Å². The highest BCUT2D eigenvalue weighted by atomic mass is 35.5. The lowest BCUT2D eigenvalue weighted by atomic mass is 10.1. The molecule has 4 nitrogen and oxygen atoms in total. The van der Waals surface area contributed by atoms with Crippen LogP contribution < -0.4 is 10.6 Å². The number of hydrogen-bond donors (Lipinski definition) is 2. The summed E-state index contributed by atoms with van der Waals surface area (Å²) in [6, 6.07) is 2.01. The van der Waals surface area contributed by atoms with Crippen LogP contribution in [-0.2, 0) is 4.79 Å². The zero-order chi connectivity index (χ0) is 14.0. The maximum Gasteiger partial charge on any atom is 0.253 e. The molecule has 1 fully saturated rings. The molecule has 19 heavy (non-hydrogen) atoms. The lowest BCUT2D eigenvalue weighted by Gasteiger charge is -2.23. The molecule has 1 aliphatic rings. The molecule has 1 heterocycles. The van der Waals surface area contributed by atoms with E-state index in [0.29, 0.717) is 19.4 Å². The Balaban J connectivity index is 2.08. The van der Waals surface area contributed by atoms with Crippen LogP contribution in [0.5, 0.6) is 0 Å². The summed E-state index contributed by atoms with van der Waals surface area (Å²) in [6.45, 7) is 0.359. The van der Waals surface area contributed by atoms with Gasteiger partial charge in [-0.3, -0.25) is 9.59 Å². The SMILES string of the molecule is O=C1CCC(NC(=O)c2cc(F)c(Cl)cc2Cl)CN1. The van der Waals surface area contributed by atoms with Gasteiger partial charge in [-0.2, -0.15) is 0 Å². The third-order valence-electron chi connectivity index (χ3n) is 2.86. The highest BCUT2D eigenvalue weighted by Gasteiger charge is 2.22. The average molecular weight is 305 g/mol. The van der Waals surface area contributed by atoms with Gasteiger partial charge in [0.05, 0.1) is 15.6 Å². The first-order valence-electron chi connectivity index (χ1n) is 5.69. The van der Waals surface area contributed by atoms with Crippen LogP contribution >= 0.6 is 23.2 Å². The molecule has 0 spiro atoms. The summed E-state index contributed by atoms with van der Waals surface area (Å²) in [5, 5.41) is 5.29. The van der Waals surface area contributed by atoms with Crippen molar-refractivity contribution in [3.05, 3.63) is 33.6 Å². The molecule has 102 valence electrons. The molecule has 0 saturated carbocycles. The minimum absolute atomic E-state index is 0.0282. The Morgan fingerprint density at radius 2 is 2.11 bits per heavy atom. The number of nitrogens with one attached hydrogen (secondary N) is 2. The molecule has 0 radical (unpaired) electrons. The van der Waals surface area contributed by atoms with Crippen LogP contribution in [0.4, 0.5) is 4.39 Å². The maximum absolute atomic E-state index is 13.3. The normalized spacial score (nSPS) is 18.9. The average Bonchev–Trinajstić information content (AvgIpc) is 2.36. The third-order valence-corrected chi connectivity index (χ3v) is 3.46. The monoisotopic (exact) mass is 304 g/mol. The lowest BCUT2D eigenvalue weighted by Crippen LogP contribution is -2.47. The minimum Gasteiger partial charge on any atom is -0.354 e. The molecule has 1 aromatic carbocycles. The predicted octanol–water partition coefficient (Wildman–Crippen LogP) is 2.14. The second kappa shape index (κ2) is 5.75. The fourth-order valence-corrected chi connectivity index (χ4v) is 2.28. The zero-order valence-corrected chi connectivity index (χ0v) is 11.3. The molecule has 0 aliphatic carbocycles. The van der Waals surface area contributed by atoms with Gasteiger partial charge in [0.1, 0.15) is 5.82 Å². The summed E-state index contributed by atoms with van der Waals surface area (Å²) < 4.78 is 13.3. The summed E-state index contributed by atoms with van der Waals surface area (Å²) in [5.74, 6) is -1.23. The fraction of sp³-hybridized carbons (Fsp3) is 0.333. The van der Waals surface area contributed by atoms with E-state index in [1.54, 1.807) is 0 Å². The Hall–Kier alpha value is -1.33. The molecule has 7 heteroatoms. The van der Waals surface area contributed by atoms with Crippen molar-refractivity contribution < 1.29 is 14.0 Å². The summed E-state index contributed by atoms with van der Waals surface area (Å²) in [6.07, 6.45) is 0.902. The zero-order valence-electron chi connectivity index (χ0n) is 9.80. The number of halogens is 3. The minimum atomic E-state index is -0.701. The van der Waals surface area contributed by atoms with Crippen LogP contribution in [0.25, 0.3) is 0 Å². The Bertz CT molecular complexity index is 527. The summed E-state index contributed by atoms with van der Waals surface area (Å²) >= 11 is 11.4. The van der Waals surface area contributed by atoms with Crippen molar-refractivity contribution in [1.29, 1.82) is 0 Å². The van der Waals surface area contributed by atoms with Gasteiger partial charge in [0.15, 0.2) is 0 Å². The van der Waals surface area contributed by atoms with E-state index in [2.05, 4.69) is 10.6 Å². The van der Waals surface area contributed by atoms with Crippen molar-refractivity contribution in [2.75, 3.05) is 6.54 Å². The number of amides is 2. The first-order chi connectivity index (χ1) is 8.97. The van der Waals surface area contributed by atoms with Crippen molar-refractivity contribution in [2.45, 2.75) is 18.9 Å². The maximum atomic E-state index is 13.3. The van der Waals surface area contributed by atoms with E-state index in [4.69, 9.17) is 23.2 Å². The van der Waals surface area contributed by atoms with E-state index in [-0.39, 0.29) is 27.6 Å². The Morgan fingerprint density at radius 3 is 2.74 bits per heavy atom. The molecule has 1 unspecified atom stereocenters. The van der Waals surface area contributed by atoms with Crippen molar-refractivity contribution in [1.82, 2.24) is 10.6 Å². The van der Waals surface area contributed by atoms with Crippen molar-refractivity contribution in [3.8, 4) is 0 Å². The van der Waals surface area contributed by atoms with Crippen molar-refractivity contribution in [3.63, 3.8) is 0 Å². The van der Waals surface area contributed by atoms with Gasteiger partial charge >= 0.3 is 0 Å². The summed E-state index contributed by atoms with van der Waals surface area (Å²) in [4.78, 5) is 23.0. The van der Waals surface area contributed by atoms with E-state index < -0.39 is 11.7 Å². The second-order valence-electron chi connectivity index (χ2n) is 4.26. The van der Waals surface area contributed by atoms with E-state index in [9.17, 15) is 14.0 Å². The molecule has 1 saturated heterocycles. The molecule has 2 amide bonds. The van der Waals surface area contributed by atoms with Gasteiger partial charge in [0, 0.05) is 19.0 Å². The summed E-state index contributed by atoms with van der Waals surface area (Å²) in [7, 11) is 0. The predicted molar refractivity (Wildman–Crippen MR) is 69.9 cm³/mol. The van der Waals surface area contributed by atoms with Gasteiger partial charge in [-0.25, -0.2) is 4.39 Å². The molecule has 0 bridgehead atoms. The van der Waals surface area contributed by atoms with Crippen LogP contribution in [-0.4, -0.2) is 24.4 Å². The molecular formula is C12H11Cl2FN2O2. The first-order valence-corrected chi connectivity index (χ1v) is 6.45. The van der Waals surface area contributed by atoms with Crippen LogP contribution in [0.1, 0.15) is 23.2 Å². The number of piperidine rings is 1. The van der Waals surface area contributed by atoms with E-state index >= 15 is 0 Å².